The predicted octanol–water partition coefficient (Wildman–Crippen LogP) is 4.56. The second kappa shape index (κ2) is 11.3. The van der Waals surface area contributed by atoms with Gasteiger partial charge in [-0.15, -0.1) is 0 Å². The summed E-state index contributed by atoms with van der Waals surface area (Å²) in [6, 6.07) is 18.7. The Labute approximate surface area is 183 Å². The zero-order chi connectivity index (χ0) is 22.1. The van der Waals surface area contributed by atoms with Crippen molar-refractivity contribution in [2.45, 2.75) is 44.8 Å². The van der Waals surface area contributed by atoms with Crippen LogP contribution in [-0.2, 0) is 25.5 Å². The van der Waals surface area contributed by atoms with Gasteiger partial charge in [0.05, 0.1) is 5.56 Å². The number of benzene rings is 2. The monoisotopic (exact) mass is 420 g/mol. The van der Waals surface area contributed by atoms with E-state index in [2.05, 4.69) is 0 Å². The van der Waals surface area contributed by atoms with E-state index in [0.717, 1.165) is 12.0 Å². The molecule has 4 atom stereocenters. The third kappa shape index (κ3) is 6.14. The first-order valence-electron chi connectivity index (χ1n) is 10.7. The molecule has 0 heterocycles. The Balaban J connectivity index is 1.69. The molecular formula is C26H28O5. The van der Waals surface area contributed by atoms with Gasteiger partial charge < -0.3 is 9.47 Å². The maximum Gasteiger partial charge on any atom is 0.338 e. The van der Waals surface area contributed by atoms with Gasteiger partial charge in [-0.3, -0.25) is 9.59 Å². The number of hydrogen-bond donors (Lipinski definition) is 0. The molecule has 1 aliphatic rings. The van der Waals surface area contributed by atoms with Crippen LogP contribution in [0.4, 0.5) is 0 Å². The smallest absolute Gasteiger partial charge is 0.338 e. The van der Waals surface area contributed by atoms with Crippen molar-refractivity contribution >= 4 is 18.2 Å². The summed E-state index contributed by atoms with van der Waals surface area (Å²) >= 11 is 0. The van der Waals surface area contributed by atoms with Gasteiger partial charge in [-0.2, -0.15) is 0 Å². The first kappa shape index (κ1) is 22.5. The molecule has 2 aromatic carbocycles. The lowest BCUT2D eigenvalue weighted by molar-refractivity contribution is -0.135. The standard InChI is InChI=1S/C26H28O5/c1-2-22-23(16-15-21(28)14-13-19-9-5-3-6-10-19)25(17-24(22)30-18-27)31-26(29)20-11-7-4-8-12-20/h3-12,15-16,18,22-25H,2,13-14,17H2,1H3/b16-15+/t22-,23-,24+,25-/m1/s1. The van der Waals surface area contributed by atoms with E-state index in [1.807, 2.05) is 49.4 Å². The quantitative estimate of drug-likeness (QED) is 0.320. The van der Waals surface area contributed by atoms with Gasteiger partial charge in [-0.1, -0.05) is 61.5 Å². The first-order chi connectivity index (χ1) is 15.1. The molecule has 0 spiro atoms. The largest absolute Gasteiger partial charge is 0.464 e. The molecule has 0 bridgehead atoms. The summed E-state index contributed by atoms with van der Waals surface area (Å²) in [6.45, 7) is 2.45. The minimum absolute atomic E-state index is 0.0167. The van der Waals surface area contributed by atoms with Gasteiger partial charge in [-0.05, 0) is 36.6 Å². The normalized spacial score (nSPS) is 22.9. The summed E-state index contributed by atoms with van der Waals surface area (Å²) in [5.74, 6) is -0.604. The SMILES string of the molecule is CC[C@@H]1[C@@H](/C=C/C(=O)CCc2ccccc2)[C@H](OC(=O)c2ccccc2)C[C@@H]1OC=O. The number of allylic oxidation sites excluding steroid dienone is 1. The molecule has 1 fully saturated rings. The highest BCUT2D eigenvalue weighted by molar-refractivity contribution is 5.90. The van der Waals surface area contributed by atoms with E-state index in [-0.39, 0.29) is 23.7 Å². The van der Waals surface area contributed by atoms with Gasteiger partial charge in [-0.25, -0.2) is 4.79 Å². The second-order valence-electron chi connectivity index (χ2n) is 7.78. The maximum atomic E-state index is 12.6. The van der Waals surface area contributed by atoms with Gasteiger partial charge in [0, 0.05) is 24.7 Å². The number of ether oxygens (including phenoxy) is 2. The first-order valence-corrected chi connectivity index (χ1v) is 10.7. The van der Waals surface area contributed by atoms with Crippen molar-refractivity contribution in [3.8, 4) is 0 Å². The van der Waals surface area contributed by atoms with Gasteiger partial charge in [0.1, 0.15) is 12.2 Å². The Bertz CT molecular complexity index is 891. The van der Waals surface area contributed by atoms with Crippen LogP contribution in [0, 0.1) is 11.8 Å². The number of aryl methyl sites for hydroxylation is 1. The van der Waals surface area contributed by atoms with Crippen molar-refractivity contribution in [3.63, 3.8) is 0 Å². The molecule has 1 aliphatic carbocycles. The predicted molar refractivity (Wildman–Crippen MR) is 117 cm³/mol. The number of rotatable bonds is 10. The number of carbonyl (C=O) groups is 3. The van der Waals surface area contributed by atoms with Crippen molar-refractivity contribution in [2.24, 2.45) is 11.8 Å². The van der Waals surface area contributed by atoms with Gasteiger partial charge >= 0.3 is 5.97 Å². The fourth-order valence-electron chi connectivity index (χ4n) is 4.23. The van der Waals surface area contributed by atoms with Crippen LogP contribution in [0.5, 0.6) is 0 Å². The lowest BCUT2D eigenvalue weighted by Gasteiger charge is -2.22. The molecule has 5 heteroatoms. The van der Waals surface area contributed by atoms with Gasteiger partial charge in [0.15, 0.2) is 5.78 Å². The third-order valence-electron chi connectivity index (χ3n) is 5.84. The van der Waals surface area contributed by atoms with Crippen molar-refractivity contribution in [3.05, 3.63) is 83.9 Å². The molecule has 0 N–H and O–H groups in total. The maximum absolute atomic E-state index is 12.6. The average Bonchev–Trinajstić information content (AvgIpc) is 3.13. The summed E-state index contributed by atoms with van der Waals surface area (Å²) in [4.78, 5) is 36.0. The van der Waals surface area contributed by atoms with Crippen LogP contribution in [0.3, 0.4) is 0 Å². The molecule has 162 valence electrons. The summed E-state index contributed by atoms with van der Waals surface area (Å²) in [5.41, 5.74) is 1.59. The topological polar surface area (TPSA) is 69.7 Å². The zero-order valence-electron chi connectivity index (χ0n) is 17.7. The van der Waals surface area contributed by atoms with Gasteiger partial charge in [0.2, 0.25) is 0 Å². The van der Waals surface area contributed by atoms with Crippen LogP contribution in [-0.4, -0.2) is 30.4 Å². The van der Waals surface area contributed by atoms with Crippen molar-refractivity contribution < 1.29 is 23.9 Å². The van der Waals surface area contributed by atoms with Crippen LogP contribution in [0.15, 0.2) is 72.8 Å². The Morgan fingerprint density at radius 2 is 1.68 bits per heavy atom. The lowest BCUT2D eigenvalue weighted by atomic mass is 9.90. The second-order valence-corrected chi connectivity index (χ2v) is 7.78. The Hall–Kier alpha value is -3.21. The summed E-state index contributed by atoms with van der Waals surface area (Å²) in [7, 11) is 0. The Kier molecular flexibility index (Phi) is 8.16. The van der Waals surface area contributed by atoms with E-state index in [4.69, 9.17) is 9.47 Å². The minimum Gasteiger partial charge on any atom is -0.464 e. The van der Waals surface area contributed by atoms with Gasteiger partial charge in [0.25, 0.3) is 6.47 Å². The van der Waals surface area contributed by atoms with Crippen LogP contribution < -0.4 is 0 Å². The lowest BCUT2D eigenvalue weighted by Crippen LogP contribution is -2.24. The zero-order valence-corrected chi connectivity index (χ0v) is 17.7. The molecule has 2 aromatic rings. The number of carbonyl (C=O) groups excluding carboxylic acids is 3. The van der Waals surface area contributed by atoms with Crippen molar-refractivity contribution in [1.29, 1.82) is 0 Å². The van der Waals surface area contributed by atoms with Crippen molar-refractivity contribution in [1.82, 2.24) is 0 Å². The van der Waals surface area contributed by atoms with Crippen LogP contribution in [0.1, 0.15) is 42.1 Å². The fourth-order valence-corrected chi connectivity index (χ4v) is 4.23. The third-order valence-corrected chi connectivity index (χ3v) is 5.84. The Morgan fingerprint density at radius 1 is 1.00 bits per heavy atom. The molecule has 0 amide bonds. The molecule has 5 nitrogen and oxygen atoms in total. The molecule has 3 rings (SSSR count). The van der Waals surface area contributed by atoms with E-state index in [1.165, 1.54) is 0 Å². The molecule has 0 saturated heterocycles. The van der Waals surface area contributed by atoms with E-state index < -0.39 is 12.1 Å². The summed E-state index contributed by atoms with van der Waals surface area (Å²) < 4.78 is 11.1. The fraction of sp³-hybridized carbons (Fsp3) is 0.346. The number of hydrogen-bond acceptors (Lipinski definition) is 5. The summed E-state index contributed by atoms with van der Waals surface area (Å²) in [5, 5.41) is 0. The Morgan fingerprint density at radius 3 is 2.32 bits per heavy atom. The van der Waals surface area contributed by atoms with E-state index in [1.54, 1.807) is 30.3 Å². The van der Waals surface area contributed by atoms with Crippen LogP contribution >= 0.6 is 0 Å². The molecule has 1 saturated carbocycles. The molecule has 0 radical (unpaired) electrons. The highest BCUT2D eigenvalue weighted by Gasteiger charge is 2.44. The molecule has 0 aliphatic heterocycles. The van der Waals surface area contributed by atoms with Crippen LogP contribution in [0.25, 0.3) is 0 Å². The number of esters is 1. The van der Waals surface area contributed by atoms with Crippen LogP contribution in [0.2, 0.25) is 0 Å². The summed E-state index contributed by atoms with van der Waals surface area (Å²) in [6.07, 6.45) is 4.86. The minimum atomic E-state index is -0.458. The molecule has 0 unspecified atom stereocenters. The highest BCUT2D eigenvalue weighted by atomic mass is 16.6. The average molecular weight is 421 g/mol. The highest BCUT2D eigenvalue weighted by Crippen LogP contribution is 2.39. The van der Waals surface area contributed by atoms with E-state index in [9.17, 15) is 14.4 Å². The van der Waals surface area contributed by atoms with Crippen molar-refractivity contribution in [2.75, 3.05) is 0 Å². The molecule has 0 aromatic heterocycles. The molecular weight excluding hydrogens is 392 g/mol. The number of ketones is 1. The van der Waals surface area contributed by atoms with E-state index in [0.29, 0.717) is 31.3 Å². The van der Waals surface area contributed by atoms with E-state index >= 15 is 0 Å². The molecule has 31 heavy (non-hydrogen) atoms.